The van der Waals surface area contributed by atoms with Crippen molar-refractivity contribution in [3.8, 4) is 6.07 Å². The Morgan fingerprint density at radius 3 is 3.18 bits per heavy atom. The fourth-order valence-corrected chi connectivity index (χ4v) is 0.885. The molecule has 4 nitrogen and oxygen atoms in total. The van der Waals surface area contributed by atoms with Crippen molar-refractivity contribution in [2.45, 2.75) is 0 Å². The van der Waals surface area contributed by atoms with Gasteiger partial charge in [-0.1, -0.05) is 0 Å². The van der Waals surface area contributed by atoms with Gasteiger partial charge in [0, 0.05) is 18.5 Å². The number of nitriles is 1. The van der Waals surface area contributed by atoms with Crippen LogP contribution < -0.4 is 0 Å². The normalized spacial score (nSPS) is 9.73. The monoisotopic (exact) mass is 144 g/mol. The molecule has 0 amide bonds. The van der Waals surface area contributed by atoms with Crippen LogP contribution in [0.4, 0.5) is 0 Å². The lowest BCUT2D eigenvalue weighted by atomic mass is 10.5. The van der Waals surface area contributed by atoms with Gasteiger partial charge in [-0.15, -0.1) is 0 Å². The molecule has 0 saturated carbocycles. The van der Waals surface area contributed by atoms with Crippen LogP contribution >= 0.6 is 0 Å². The first-order chi connectivity index (χ1) is 5.40. The number of nitrogens with zero attached hydrogens (tertiary/aromatic N) is 4. The third kappa shape index (κ3) is 0.829. The average molecular weight is 144 g/mol. The average Bonchev–Trinajstić information content (AvgIpc) is 2.46. The van der Waals surface area contributed by atoms with Crippen molar-refractivity contribution in [2.75, 3.05) is 0 Å². The number of aromatic nitrogens is 3. The lowest BCUT2D eigenvalue weighted by Crippen LogP contribution is -1.86. The first-order valence-corrected chi connectivity index (χ1v) is 3.10. The van der Waals surface area contributed by atoms with Crippen LogP contribution in [-0.4, -0.2) is 14.6 Å². The molecule has 4 heteroatoms. The highest BCUT2D eigenvalue weighted by atomic mass is 15.2. The van der Waals surface area contributed by atoms with Crippen molar-refractivity contribution in [3.05, 3.63) is 30.2 Å². The Kier molecular flexibility index (Phi) is 1.10. The Labute approximate surface area is 62.7 Å². The summed E-state index contributed by atoms with van der Waals surface area (Å²) < 4.78 is 1.57. The summed E-state index contributed by atoms with van der Waals surface area (Å²) in [6.45, 7) is 0. The van der Waals surface area contributed by atoms with Crippen molar-refractivity contribution in [3.63, 3.8) is 0 Å². The van der Waals surface area contributed by atoms with E-state index in [-0.39, 0.29) is 0 Å². The van der Waals surface area contributed by atoms with Crippen LogP contribution in [0.2, 0.25) is 0 Å². The Hall–Kier alpha value is -1.89. The van der Waals surface area contributed by atoms with Crippen molar-refractivity contribution in [1.82, 2.24) is 14.6 Å². The first-order valence-electron chi connectivity index (χ1n) is 3.10. The molecule has 0 unspecified atom stereocenters. The van der Waals surface area contributed by atoms with Gasteiger partial charge in [-0.05, 0) is 6.07 Å². The minimum absolute atomic E-state index is 0.392. The Morgan fingerprint density at radius 1 is 1.55 bits per heavy atom. The summed E-state index contributed by atoms with van der Waals surface area (Å²) in [4.78, 5) is 4.00. The molecule has 0 N–H and O–H groups in total. The van der Waals surface area contributed by atoms with E-state index in [1.165, 1.54) is 0 Å². The molecule has 0 atom stereocenters. The second kappa shape index (κ2) is 2.06. The van der Waals surface area contributed by atoms with E-state index in [2.05, 4.69) is 10.1 Å². The molecule has 2 aromatic rings. The van der Waals surface area contributed by atoms with Gasteiger partial charge in [0.1, 0.15) is 6.07 Å². The maximum Gasteiger partial charge on any atom is 0.165 e. The van der Waals surface area contributed by atoms with Crippen molar-refractivity contribution in [2.24, 2.45) is 0 Å². The maximum atomic E-state index is 8.49. The summed E-state index contributed by atoms with van der Waals surface area (Å²) in [5, 5.41) is 12.4. The van der Waals surface area contributed by atoms with E-state index < -0.39 is 0 Å². The van der Waals surface area contributed by atoms with E-state index in [0.29, 0.717) is 11.3 Å². The van der Waals surface area contributed by atoms with Gasteiger partial charge in [-0.3, -0.25) is 0 Å². The van der Waals surface area contributed by atoms with Gasteiger partial charge in [-0.25, -0.2) is 9.50 Å². The SMILES string of the molecule is N#Cc1cc2ncccn2n1. The largest absolute Gasteiger partial charge is 0.237 e. The number of hydrogen-bond donors (Lipinski definition) is 0. The predicted octanol–water partition coefficient (Wildman–Crippen LogP) is 0.601. The third-order valence-electron chi connectivity index (χ3n) is 1.35. The maximum absolute atomic E-state index is 8.49. The zero-order valence-corrected chi connectivity index (χ0v) is 5.60. The highest BCUT2D eigenvalue weighted by Crippen LogP contribution is 1.99. The minimum atomic E-state index is 0.392. The fourth-order valence-electron chi connectivity index (χ4n) is 0.885. The number of rotatable bonds is 0. The fraction of sp³-hybridized carbons (Fsp3) is 0. The molecule has 11 heavy (non-hydrogen) atoms. The lowest BCUT2D eigenvalue weighted by Gasteiger charge is -1.85. The third-order valence-corrected chi connectivity index (χ3v) is 1.35. The van der Waals surface area contributed by atoms with Crippen LogP contribution in [-0.2, 0) is 0 Å². The summed E-state index contributed by atoms with van der Waals surface area (Å²) in [7, 11) is 0. The predicted molar refractivity (Wildman–Crippen MR) is 37.7 cm³/mol. The van der Waals surface area contributed by atoms with Crippen LogP contribution in [0.15, 0.2) is 24.5 Å². The molecule has 0 aromatic carbocycles. The summed E-state index contributed by atoms with van der Waals surface area (Å²) >= 11 is 0. The number of hydrogen-bond acceptors (Lipinski definition) is 3. The molecule has 0 bridgehead atoms. The standard InChI is InChI=1S/C7H4N4/c8-5-6-4-7-9-2-1-3-11(7)10-6/h1-4H. The van der Waals surface area contributed by atoms with E-state index >= 15 is 0 Å². The van der Waals surface area contributed by atoms with Gasteiger partial charge in [-0.2, -0.15) is 10.4 Å². The quantitative estimate of drug-likeness (QED) is 0.544. The molecular formula is C7H4N4. The molecule has 2 heterocycles. The number of fused-ring (bicyclic) bond motifs is 1. The second-order valence-corrected chi connectivity index (χ2v) is 2.06. The zero-order chi connectivity index (χ0) is 7.68. The van der Waals surface area contributed by atoms with Crippen LogP contribution in [0.25, 0.3) is 5.65 Å². The van der Waals surface area contributed by atoms with Gasteiger partial charge in [0.2, 0.25) is 0 Å². The van der Waals surface area contributed by atoms with Gasteiger partial charge in [0.25, 0.3) is 0 Å². The molecule has 0 fully saturated rings. The highest BCUT2D eigenvalue weighted by molar-refractivity contribution is 5.41. The molecule has 0 saturated heterocycles. The van der Waals surface area contributed by atoms with Crippen LogP contribution in [0, 0.1) is 11.3 Å². The van der Waals surface area contributed by atoms with Crippen molar-refractivity contribution >= 4 is 5.65 Å². The Bertz CT molecular complexity index is 390. The lowest BCUT2D eigenvalue weighted by molar-refractivity contribution is 0.930. The van der Waals surface area contributed by atoms with Crippen molar-refractivity contribution < 1.29 is 0 Å². The topological polar surface area (TPSA) is 54.0 Å². The second-order valence-electron chi connectivity index (χ2n) is 2.06. The van der Waals surface area contributed by atoms with Gasteiger partial charge >= 0.3 is 0 Å². The molecule has 0 radical (unpaired) electrons. The van der Waals surface area contributed by atoms with Crippen LogP contribution in [0.3, 0.4) is 0 Å². The molecule has 52 valence electrons. The molecule has 0 aliphatic rings. The Balaban J connectivity index is 2.81. The van der Waals surface area contributed by atoms with E-state index in [1.807, 2.05) is 6.07 Å². The summed E-state index contributed by atoms with van der Waals surface area (Å²) in [5.74, 6) is 0. The molecule has 2 aromatic heterocycles. The molecule has 0 aliphatic carbocycles. The van der Waals surface area contributed by atoms with E-state index in [9.17, 15) is 0 Å². The zero-order valence-electron chi connectivity index (χ0n) is 5.60. The van der Waals surface area contributed by atoms with Crippen LogP contribution in [0.5, 0.6) is 0 Å². The van der Waals surface area contributed by atoms with E-state index in [4.69, 9.17) is 5.26 Å². The summed E-state index contributed by atoms with van der Waals surface area (Å²) in [6, 6.07) is 5.35. The highest BCUT2D eigenvalue weighted by Gasteiger charge is 1.97. The molecule has 0 aliphatic heterocycles. The van der Waals surface area contributed by atoms with Crippen LogP contribution in [0.1, 0.15) is 5.69 Å². The minimum Gasteiger partial charge on any atom is -0.237 e. The smallest absolute Gasteiger partial charge is 0.165 e. The molecule has 2 rings (SSSR count). The van der Waals surface area contributed by atoms with Gasteiger partial charge in [0.15, 0.2) is 11.3 Å². The van der Waals surface area contributed by atoms with E-state index in [1.54, 1.807) is 29.0 Å². The Morgan fingerprint density at radius 2 is 2.45 bits per heavy atom. The van der Waals surface area contributed by atoms with Gasteiger partial charge in [0.05, 0.1) is 0 Å². The van der Waals surface area contributed by atoms with E-state index in [0.717, 1.165) is 0 Å². The van der Waals surface area contributed by atoms with Gasteiger partial charge < -0.3 is 0 Å². The molecular weight excluding hydrogens is 140 g/mol. The van der Waals surface area contributed by atoms with Crippen molar-refractivity contribution in [1.29, 1.82) is 5.26 Å². The first kappa shape index (κ1) is 5.86. The summed E-state index contributed by atoms with van der Waals surface area (Å²) in [5.41, 5.74) is 1.09. The molecule has 0 spiro atoms. The summed E-state index contributed by atoms with van der Waals surface area (Å²) in [6.07, 6.45) is 3.42.